The Morgan fingerprint density at radius 3 is 2.78 bits per heavy atom. The molecule has 0 spiro atoms. The van der Waals surface area contributed by atoms with Gasteiger partial charge in [-0.3, -0.25) is 0 Å². The first-order valence-electron chi connectivity index (χ1n) is 8.85. The Labute approximate surface area is 163 Å². The third-order valence-corrected chi connectivity index (χ3v) is 6.16. The maximum Gasteiger partial charge on any atom is 0.407 e. The number of hydrogen-bond acceptors (Lipinski definition) is 4. The van der Waals surface area contributed by atoms with Crippen LogP contribution in [-0.4, -0.2) is 42.1 Å². The molecular formula is C21H22N2O3S. The van der Waals surface area contributed by atoms with E-state index in [9.17, 15) is 9.90 Å². The molecule has 2 aromatic rings. The fourth-order valence-corrected chi connectivity index (χ4v) is 4.65. The van der Waals surface area contributed by atoms with Gasteiger partial charge in [-0.25, -0.2) is 4.79 Å². The van der Waals surface area contributed by atoms with Gasteiger partial charge in [0.1, 0.15) is 5.75 Å². The topological polar surface area (TPSA) is 73.6 Å². The molecule has 2 unspecified atom stereocenters. The highest BCUT2D eigenvalue weighted by Gasteiger charge is 2.32. The van der Waals surface area contributed by atoms with Gasteiger partial charge >= 0.3 is 6.09 Å². The molecule has 0 aromatic heterocycles. The van der Waals surface area contributed by atoms with Crippen molar-refractivity contribution in [1.29, 1.82) is 5.26 Å². The van der Waals surface area contributed by atoms with Gasteiger partial charge in [-0.2, -0.15) is 5.26 Å². The number of rotatable bonds is 5. The van der Waals surface area contributed by atoms with Crippen LogP contribution in [-0.2, 0) is 0 Å². The number of methoxy groups -OCH3 is 1. The van der Waals surface area contributed by atoms with E-state index in [1.165, 1.54) is 10.5 Å². The molecule has 1 N–H and O–H groups in total. The minimum absolute atomic E-state index is 0.207. The molecule has 5 nitrogen and oxygen atoms in total. The van der Waals surface area contributed by atoms with Crippen molar-refractivity contribution >= 4 is 17.9 Å². The summed E-state index contributed by atoms with van der Waals surface area (Å²) in [6.45, 7) is 1.08. The number of carbonyl (C=O) groups is 1. The smallest absolute Gasteiger partial charge is 0.407 e. The lowest BCUT2D eigenvalue weighted by molar-refractivity contribution is 0.117. The second-order valence-electron chi connectivity index (χ2n) is 6.61. The zero-order valence-corrected chi connectivity index (χ0v) is 16.0. The molecule has 1 fully saturated rings. The molecule has 0 radical (unpaired) electrons. The van der Waals surface area contributed by atoms with Gasteiger partial charge in [-0.15, -0.1) is 11.8 Å². The molecule has 140 valence electrons. The molecule has 1 saturated heterocycles. The van der Waals surface area contributed by atoms with Crippen molar-refractivity contribution in [3.05, 3.63) is 59.7 Å². The molecule has 27 heavy (non-hydrogen) atoms. The molecule has 0 aliphatic carbocycles. The molecule has 6 heteroatoms. The predicted octanol–water partition coefficient (Wildman–Crippen LogP) is 4.44. The van der Waals surface area contributed by atoms with Crippen molar-refractivity contribution in [2.45, 2.75) is 17.2 Å². The average molecular weight is 382 g/mol. The van der Waals surface area contributed by atoms with E-state index >= 15 is 0 Å². The van der Waals surface area contributed by atoms with Gasteiger partial charge in [0, 0.05) is 23.7 Å². The first-order valence-corrected chi connectivity index (χ1v) is 9.84. The summed E-state index contributed by atoms with van der Waals surface area (Å²) in [5.41, 5.74) is 1.86. The number of piperidine rings is 1. The molecule has 0 saturated carbocycles. The molecule has 1 heterocycles. The Bertz CT molecular complexity index is 832. The number of carboxylic acid groups (broad SMARTS) is 1. The van der Waals surface area contributed by atoms with Gasteiger partial charge < -0.3 is 14.7 Å². The van der Waals surface area contributed by atoms with Crippen molar-refractivity contribution in [3.63, 3.8) is 0 Å². The summed E-state index contributed by atoms with van der Waals surface area (Å²) in [6, 6.07) is 17.8. The molecule has 1 amide bonds. The van der Waals surface area contributed by atoms with Gasteiger partial charge in [0.2, 0.25) is 0 Å². The quantitative estimate of drug-likeness (QED) is 0.774. The van der Waals surface area contributed by atoms with Gasteiger partial charge in [0.05, 0.1) is 18.7 Å². The van der Waals surface area contributed by atoms with Gasteiger partial charge in [0.25, 0.3) is 0 Å². The number of benzene rings is 2. The van der Waals surface area contributed by atoms with Crippen LogP contribution in [0.15, 0.2) is 53.4 Å². The minimum Gasteiger partial charge on any atom is -0.497 e. The van der Waals surface area contributed by atoms with Gasteiger partial charge in [0.15, 0.2) is 0 Å². The molecule has 0 bridgehead atoms. The van der Waals surface area contributed by atoms with Crippen LogP contribution in [0.5, 0.6) is 5.75 Å². The SMILES string of the molecule is COc1ccc(C2CCN(C(=O)O)CC2CSc2cccc(C#N)c2)cc1. The van der Waals surface area contributed by atoms with E-state index in [0.29, 0.717) is 24.6 Å². The van der Waals surface area contributed by atoms with Crippen LogP contribution in [0.3, 0.4) is 0 Å². The molecule has 1 aliphatic rings. The van der Waals surface area contributed by atoms with Crippen LogP contribution in [0.4, 0.5) is 4.79 Å². The summed E-state index contributed by atoms with van der Waals surface area (Å²) in [7, 11) is 1.65. The van der Waals surface area contributed by atoms with E-state index in [1.54, 1.807) is 24.9 Å². The molecule has 2 atom stereocenters. The van der Waals surface area contributed by atoms with Crippen LogP contribution >= 0.6 is 11.8 Å². The molecule has 2 aromatic carbocycles. The van der Waals surface area contributed by atoms with Crippen LogP contribution in [0.2, 0.25) is 0 Å². The Kier molecular flexibility index (Phi) is 6.25. The first kappa shape index (κ1) is 19.1. The number of nitriles is 1. The van der Waals surface area contributed by atoms with E-state index in [4.69, 9.17) is 10.00 Å². The number of nitrogens with zero attached hydrogens (tertiary/aromatic N) is 2. The van der Waals surface area contributed by atoms with Crippen molar-refractivity contribution in [1.82, 2.24) is 4.90 Å². The summed E-state index contributed by atoms with van der Waals surface area (Å²) in [4.78, 5) is 14.0. The largest absolute Gasteiger partial charge is 0.497 e. The highest BCUT2D eigenvalue weighted by atomic mass is 32.2. The lowest BCUT2D eigenvalue weighted by Gasteiger charge is -2.37. The van der Waals surface area contributed by atoms with Crippen molar-refractivity contribution in [3.8, 4) is 11.8 Å². The third-order valence-electron chi connectivity index (χ3n) is 4.98. The Balaban J connectivity index is 1.76. The highest BCUT2D eigenvalue weighted by molar-refractivity contribution is 7.99. The van der Waals surface area contributed by atoms with Crippen LogP contribution in [0, 0.1) is 17.2 Å². The zero-order chi connectivity index (χ0) is 19.2. The summed E-state index contributed by atoms with van der Waals surface area (Å²) < 4.78 is 5.24. The van der Waals surface area contributed by atoms with Crippen molar-refractivity contribution < 1.29 is 14.6 Å². The third kappa shape index (κ3) is 4.75. The van der Waals surface area contributed by atoms with E-state index < -0.39 is 6.09 Å². The number of ether oxygens (including phenoxy) is 1. The van der Waals surface area contributed by atoms with E-state index in [2.05, 4.69) is 18.2 Å². The first-order chi connectivity index (χ1) is 13.1. The zero-order valence-electron chi connectivity index (χ0n) is 15.2. The summed E-state index contributed by atoms with van der Waals surface area (Å²) >= 11 is 1.68. The summed E-state index contributed by atoms with van der Waals surface area (Å²) in [5, 5.41) is 18.5. The summed E-state index contributed by atoms with van der Waals surface area (Å²) in [6.07, 6.45) is -0.0492. The van der Waals surface area contributed by atoms with E-state index in [0.717, 1.165) is 22.8 Å². The highest BCUT2D eigenvalue weighted by Crippen LogP contribution is 2.37. The van der Waals surface area contributed by atoms with E-state index in [-0.39, 0.29) is 5.92 Å². The van der Waals surface area contributed by atoms with E-state index in [1.807, 2.05) is 30.3 Å². The Hall–Kier alpha value is -2.65. The second-order valence-corrected chi connectivity index (χ2v) is 7.70. The van der Waals surface area contributed by atoms with Crippen LogP contribution < -0.4 is 4.74 Å². The maximum absolute atomic E-state index is 11.5. The Morgan fingerprint density at radius 1 is 1.33 bits per heavy atom. The fraction of sp³-hybridized carbons (Fsp3) is 0.333. The minimum atomic E-state index is -0.857. The number of thioether (sulfide) groups is 1. The lowest BCUT2D eigenvalue weighted by atomic mass is 9.81. The van der Waals surface area contributed by atoms with Crippen LogP contribution in [0.1, 0.15) is 23.5 Å². The average Bonchev–Trinajstić information content (AvgIpc) is 2.72. The molecule has 1 aliphatic heterocycles. The van der Waals surface area contributed by atoms with Crippen LogP contribution in [0.25, 0.3) is 0 Å². The normalized spacial score (nSPS) is 19.3. The maximum atomic E-state index is 11.5. The van der Waals surface area contributed by atoms with Crippen molar-refractivity contribution in [2.75, 3.05) is 26.0 Å². The summed E-state index contributed by atoms with van der Waals surface area (Å²) in [5.74, 6) is 2.13. The monoisotopic (exact) mass is 382 g/mol. The van der Waals surface area contributed by atoms with Crippen molar-refractivity contribution in [2.24, 2.45) is 5.92 Å². The fourth-order valence-electron chi connectivity index (χ4n) is 3.52. The number of hydrogen-bond donors (Lipinski definition) is 1. The van der Waals surface area contributed by atoms with Gasteiger partial charge in [-0.1, -0.05) is 18.2 Å². The second kappa shape index (κ2) is 8.83. The standard InChI is InChI=1S/C21H22N2O3S/c1-26-18-7-5-16(6-8-18)20-9-10-23(21(24)25)13-17(20)14-27-19-4-2-3-15(11-19)12-22/h2-8,11,17,20H,9-10,13-14H2,1H3,(H,24,25). The van der Waals surface area contributed by atoms with Gasteiger partial charge in [-0.05, 0) is 54.2 Å². The molecular weight excluding hydrogens is 360 g/mol. The number of likely N-dealkylation sites (tertiary alicyclic amines) is 1. The predicted molar refractivity (Wildman–Crippen MR) is 105 cm³/mol. The lowest BCUT2D eigenvalue weighted by Crippen LogP contribution is -2.43. The molecule has 3 rings (SSSR count). The Morgan fingerprint density at radius 2 is 2.11 bits per heavy atom. The number of amides is 1.